The number of amides is 4. The van der Waals surface area contributed by atoms with Crippen molar-refractivity contribution in [2.75, 3.05) is 19.9 Å². The number of hydrogen-bond acceptors (Lipinski definition) is 9. The van der Waals surface area contributed by atoms with E-state index in [9.17, 15) is 29.1 Å². The van der Waals surface area contributed by atoms with Crippen molar-refractivity contribution in [3.05, 3.63) is 61.7 Å². The van der Waals surface area contributed by atoms with Gasteiger partial charge in [-0.3, -0.25) is 14.4 Å². The molecule has 2 aliphatic heterocycles. The fourth-order valence-electron chi connectivity index (χ4n) is 6.92. The van der Waals surface area contributed by atoms with Crippen molar-refractivity contribution in [1.82, 2.24) is 25.5 Å². The first-order valence-corrected chi connectivity index (χ1v) is 15.9. The molecule has 3 aromatic rings. The van der Waals surface area contributed by atoms with E-state index in [0.717, 1.165) is 16.5 Å². The molecule has 6 N–H and O–H groups in total. The number of ether oxygens (including phenoxy) is 2. The SMILES string of the molecule is CC[C@@]1(O)C(=O)OCc2c1cc1n(c2=O)Cc2c-1nc1cc(F)c(C)c3c1c2[C@@H](NC(=O)COCNC(=O)CCCCNC(N)=O)CC3. The number of benzene rings is 1. The van der Waals surface area contributed by atoms with Gasteiger partial charge in [-0.05, 0) is 61.8 Å². The Kier molecular flexibility index (Phi) is 8.92. The Labute approximate surface area is 274 Å². The number of aromatic nitrogens is 2. The molecule has 4 heterocycles. The molecule has 15 heteroatoms. The first kappa shape index (κ1) is 33.0. The number of esters is 1. The maximum atomic E-state index is 15.1. The lowest BCUT2D eigenvalue weighted by Gasteiger charge is -2.31. The quantitative estimate of drug-likeness (QED) is 0.0896. The fourth-order valence-corrected chi connectivity index (χ4v) is 6.92. The highest BCUT2D eigenvalue weighted by molar-refractivity contribution is 5.94. The molecular weight excluding hydrogens is 627 g/mol. The maximum absolute atomic E-state index is 15.1. The van der Waals surface area contributed by atoms with Crippen LogP contribution in [0.3, 0.4) is 0 Å². The van der Waals surface area contributed by atoms with Crippen LogP contribution in [0, 0.1) is 12.7 Å². The van der Waals surface area contributed by atoms with Gasteiger partial charge in [-0.25, -0.2) is 19.0 Å². The van der Waals surface area contributed by atoms with Crippen LogP contribution >= 0.6 is 0 Å². The fraction of sp³-hybridized carbons (Fsp3) is 0.455. The average molecular weight is 665 g/mol. The van der Waals surface area contributed by atoms with Crippen LogP contribution in [0.2, 0.25) is 0 Å². The first-order valence-electron chi connectivity index (χ1n) is 15.9. The van der Waals surface area contributed by atoms with E-state index in [1.807, 2.05) is 0 Å². The number of carbonyl (C=O) groups excluding carboxylic acids is 4. The summed E-state index contributed by atoms with van der Waals surface area (Å²) in [4.78, 5) is 67.0. The largest absolute Gasteiger partial charge is 0.458 e. The van der Waals surface area contributed by atoms with Crippen LogP contribution in [0.5, 0.6) is 0 Å². The van der Waals surface area contributed by atoms with Gasteiger partial charge in [-0.15, -0.1) is 0 Å². The summed E-state index contributed by atoms with van der Waals surface area (Å²) in [5.41, 5.74) is 6.80. The van der Waals surface area contributed by atoms with Crippen LogP contribution in [0.25, 0.3) is 22.3 Å². The monoisotopic (exact) mass is 664 g/mol. The van der Waals surface area contributed by atoms with Crippen LogP contribution in [0.1, 0.15) is 78.5 Å². The molecule has 14 nitrogen and oxygen atoms in total. The molecule has 2 aromatic heterocycles. The number of nitrogens with zero attached hydrogens (tertiary/aromatic N) is 2. The van der Waals surface area contributed by atoms with Gasteiger partial charge in [0.2, 0.25) is 11.8 Å². The number of hydrogen-bond donors (Lipinski definition) is 5. The van der Waals surface area contributed by atoms with Crippen molar-refractivity contribution >= 4 is 34.7 Å². The van der Waals surface area contributed by atoms with E-state index in [2.05, 4.69) is 16.0 Å². The average Bonchev–Trinajstić information content (AvgIpc) is 3.42. The Morgan fingerprint density at radius 3 is 2.71 bits per heavy atom. The summed E-state index contributed by atoms with van der Waals surface area (Å²) >= 11 is 0. The Bertz CT molecular complexity index is 1930. The third-order valence-corrected chi connectivity index (χ3v) is 9.45. The van der Waals surface area contributed by atoms with E-state index in [1.165, 1.54) is 10.6 Å². The molecule has 0 unspecified atom stereocenters. The number of primary amides is 1. The van der Waals surface area contributed by atoms with Gasteiger partial charge in [0.15, 0.2) is 5.60 Å². The van der Waals surface area contributed by atoms with Crippen molar-refractivity contribution < 1.29 is 38.1 Å². The van der Waals surface area contributed by atoms with E-state index in [-0.39, 0.29) is 56.4 Å². The molecule has 0 saturated heterocycles. The highest BCUT2D eigenvalue weighted by atomic mass is 19.1. The highest BCUT2D eigenvalue weighted by Crippen LogP contribution is 2.45. The normalized spacial score (nSPS) is 18.8. The zero-order valence-corrected chi connectivity index (χ0v) is 26.7. The first-order chi connectivity index (χ1) is 22.9. The molecule has 0 bridgehead atoms. The third-order valence-electron chi connectivity index (χ3n) is 9.45. The Hall–Kier alpha value is -4.89. The predicted octanol–water partition coefficient (Wildman–Crippen LogP) is 1.56. The Morgan fingerprint density at radius 2 is 1.96 bits per heavy atom. The number of halogens is 1. The number of cyclic esters (lactones) is 1. The molecule has 4 amide bonds. The lowest BCUT2D eigenvalue weighted by Crippen LogP contribution is -2.44. The number of aliphatic hydroxyl groups is 1. The zero-order valence-electron chi connectivity index (χ0n) is 26.7. The number of aryl methyl sites for hydroxylation is 1. The number of nitrogens with one attached hydrogen (secondary N) is 3. The Balaban J connectivity index is 1.24. The van der Waals surface area contributed by atoms with Gasteiger partial charge >= 0.3 is 12.0 Å². The van der Waals surface area contributed by atoms with E-state index >= 15 is 4.39 Å². The van der Waals surface area contributed by atoms with Crippen LogP contribution < -0.4 is 27.2 Å². The standard InChI is InChI=1S/C33H37FN6O8/c1-3-33(46)20-10-24-29-18(12-40(24)30(43)19(20)13-48-31(33)44)28-22(8-7-17-16(2)21(34)11-23(39-29)27(17)28)38-26(42)14-47-15-37-25(41)6-4-5-9-36-32(35)45/h10-11,22,46H,3-9,12-15H2,1-2H3,(H,37,41)(H,38,42)(H3,35,36,45)/t22-,33-/m0/s1. The number of carbonyl (C=O) groups is 4. The van der Waals surface area contributed by atoms with Crippen molar-refractivity contribution in [2.24, 2.45) is 5.73 Å². The number of unbranched alkanes of at least 4 members (excludes halogenated alkanes) is 1. The topological polar surface area (TPSA) is 204 Å². The minimum absolute atomic E-state index is 0.00515. The minimum Gasteiger partial charge on any atom is -0.458 e. The van der Waals surface area contributed by atoms with Gasteiger partial charge in [0, 0.05) is 35.5 Å². The second kappa shape index (κ2) is 13.0. The van der Waals surface area contributed by atoms with E-state index in [1.54, 1.807) is 19.9 Å². The molecule has 0 saturated carbocycles. The van der Waals surface area contributed by atoms with E-state index in [0.29, 0.717) is 60.3 Å². The van der Waals surface area contributed by atoms with E-state index < -0.39 is 40.9 Å². The zero-order chi connectivity index (χ0) is 34.3. The van der Waals surface area contributed by atoms with Gasteiger partial charge in [-0.2, -0.15) is 0 Å². The number of fused-ring (bicyclic) bond motifs is 5. The molecule has 2 atom stereocenters. The summed E-state index contributed by atoms with van der Waals surface area (Å²) in [7, 11) is 0. The molecule has 254 valence electrons. The number of nitrogens with two attached hydrogens (primary N) is 1. The summed E-state index contributed by atoms with van der Waals surface area (Å²) in [6, 6.07) is 1.81. The second-order valence-corrected chi connectivity index (χ2v) is 12.3. The number of rotatable bonds is 11. The molecule has 1 aromatic carbocycles. The van der Waals surface area contributed by atoms with E-state index in [4.69, 9.17) is 20.2 Å². The van der Waals surface area contributed by atoms with Crippen molar-refractivity contribution in [2.45, 2.75) is 77.2 Å². The summed E-state index contributed by atoms with van der Waals surface area (Å²) < 4.78 is 27.2. The minimum atomic E-state index is -1.99. The molecule has 3 aliphatic rings. The second-order valence-electron chi connectivity index (χ2n) is 12.3. The summed E-state index contributed by atoms with van der Waals surface area (Å²) in [6.45, 7) is 3.04. The van der Waals surface area contributed by atoms with Gasteiger partial charge in [0.1, 0.15) is 25.8 Å². The van der Waals surface area contributed by atoms with Crippen molar-refractivity contribution in [1.29, 1.82) is 0 Å². The molecular formula is C33H37FN6O8. The number of pyridine rings is 2. The predicted molar refractivity (Wildman–Crippen MR) is 169 cm³/mol. The lowest BCUT2D eigenvalue weighted by atomic mass is 9.81. The van der Waals surface area contributed by atoms with Crippen LogP contribution in [0.4, 0.5) is 9.18 Å². The molecule has 1 aliphatic carbocycles. The third kappa shape index (κ3) is 5.76. The maximum Gasteiger partial charge on any atom is 0.343 e. The molecule has 0 radical (unpaired) electrons. The lowest BCUT2D eigenvalue weighted by molar-refractivity contribution is -0.172. The van der Waals surface area contributed by atoms with Gasteiger partial charge < -0.3 is 40.8 Å². The number of urea groups is 1. The summed E-state index contributed by atoms with van der Waals surface area (Å²) in [5, 5.41) is 20.0. The van der Waals surface area contributed by atoms with Gasteiger partial charge in [0.25, 0.3) is 5.56 Å². The summed E-state index contributed by atoms with van der Waals surface area (Å²) in [6.07, 6.45) is 2.27. The summed E-state index contributed by atoms with van der Waals surface area (Å²) in [5.74, 6) is -1.94. The van der Waals surface area contributed by atoms with Gasteiger partial charge in [-0.1, -0.05) is 6.92 Å². The highest BCUT2D eigenvalue weighted by Gasteiger charge is 2.46. The smallest absolute Gasteiger partial charge is 0.343 e. The molecule has 48 heavy (non-hydrogen) atoms. The van der Waals surface area contributed by atoms with Gasteiger partial charge in [0.05, 0.1) is 35.1 Å². The molecule has 6 rings (SSSR count). The molecule has 0 fully saturated rings. The Morgan fingerprint density at radius 1 is 1.17 bits per heavy atom. The van der Waals surface area contributed by atoms with Crippen LogP contribution in [0.15, 0.2) is 16.9 Å². The van der Waals surface area contributed by atoms with Crippen LogP contribution in [-0.2, 0) is 49.0 Å². The molecule has 0 spiro atoms. The van der Waals surface area contributed by atoms with Crippen molar-refractivity contribution in [3.8, 4) is 11.4 Å². The van der Waals surface area contributed by atoms with Crippen LogP contribution in [-0.4, -0.2) is 58.4 Å². The van der Waals surface area contributed by atoms with Crippen molar-refractivity contribution in [3.63, 3.8) is 0 Å².